The highest BCUT2D eigenvalue weighted by Gasteiger charge is 2.30. The van der Waals surface area contributed by atoms with Crippen LogP contribution in [0.15, 0.2) is 53.4 Å². The standard InChI is InChI=1S/C23H26FN3O6S/c1-16(22(29)25-15-18-6-8-20(24)9-7-18)33-23(30)19-4-3-5-21(14-19)34(31,32)27-12-10-26(11-13-27)17(2)28/h3-9,14,16H,10-13,15H2,1-2H3,(H,25,29). The number of esters is 1. The van der Waals surface area contributed by atoms with Crippen molar-refractivity contribution in [2.75, 3.05) is 26.2 Å². The van der Waals surface area contributed by atoms with E-state index in [-0.39, 0.29) is 41.8 Å². The monoisotopic (exact) mass is 491 g/mol. The maximum Gasteiger partial charge on any atom is 0.338 e. The fraction of sp³-hybridized carbons (Fsp3) is 0.348. The quantitative estimate of drug-likeness (QED) is 0.588. The summed E-state index contributed by atoms with van der Waals surface area (Å²) < 4.78 is 45.4. The molecule has 34 heavy (non-hydrogen) atoms. The average molecular weight is 492 g/mol. The van der Waals surface area contributed by atoms with E-state index in [1.807, 2.05) is 0 Å². The molecule has 0 saturated carbocycles. The minimum absolute atomic E-state index is 0.0124. The Labute approximate surface area is 197 Å². The molecule has 1 unspecified atom stereocenters. The van der Waals surface area contributed by atoms with E-state index < -0.39 is 28.0 Å². The van der Waals surface area contributed by atoms with Crippen molar-refractivity contribution < 1.29 is 31.9 Å². The molecule has 1 aliphatic heterocycles. The number of nitrogens with zero attached hydrogens (tertiary/aromatic N) is 2. The van der Waals surface area contributed by atoms with Crippen LogP contribution in [-0.4, -0.2) is 67.7 Å². The average Bonchev–Trinajstić information content (AvgIpc) is 2.83. The van der Waals surface area contributed by atoms with Crippen LogP contribution in [0.5, 0.6) is 0 Å². The van der Waals surface area contributed by atoms with Crippen LogP contribution in [0.3, 0.4) is 0 Å². The zero-order valence-corrected chi connectivity index (χ0v) is 19.7. The molecule has 1 atom stereocenters. The number of carbonyl (C=O) groups is 3. The number of rotatable bonds is 7. The Bertz CT molecular complexity index is 1160. The molecular weight excluding hydrogens is 465 g/mol. The van der Waals surface area contributed by atoms with Gasteiger partial charge in [0.05, 0.1) is 10.5 Å². The third-order valence-corrected chi connectivity index (χ3v) is 7.32. The predicted molar refractivity (Wildman–Crippen MR) is 121 cm³/mol. The molecule has 0 bridgehead atoms. The van der Waals surface area contributed by atoms with Gasteiger partial charge in [0.15, 0.2) is 6.10 Å². The molecule has 1 fully saturated rings. The van der Waals surface area contributed by atoms with Crippen molar-refractivity contribution in [2.45, 2.75) is 31.4 Å². The molecule has 2 aromatic carbocycles. The maximum atomic E-state index is 13.0. The summed E-state index contributed by atoms with van der Waals surface area (Å²) in [5, 5.41) is 2.60. The number of nitrogens with one attached hydrogen (secondary N) is 1. The molecule has 2 amide bonds. The van der Waals surface area contributed by atoms with Crippen LogP contribution in [-0.2, 0) is 30.9 Å². The summed E-state index contributed by atoms with van der Waals surface area (Å²) in [5.41, 5.74) is 0.664. The number of halogens is 1. The zero-order chi connectivity index (χ0) is 24.9. The summed E-state index contributed by atoms with van der Waals surface area (Å²) in [6.45, 7) is 3.85. The van der Waals surface area contributed by atoms with Gasteiger partial charge in [0.1, 0.15) is 5.82 Å². The molecule has 182 valence electrons. The largest absolute Gasteiger partial charge is 0.449 e. The molecule has 0 aliphatic carbocycles. The highest BCUT2D eigenvalue weighted by Crippen LogP contribution is 2.20. The Kier molecular flexibility index (Phi) is 8.00. The Morgan fingerprint density at radius 3 is 2.32 bits per heavy atom. The lowest BCUT2D eigenvalue weighted by Gasteiger charge is -2.33. The number of ether oxygens (including phenoxy) is 1. The second kappa shape index (κ2) is 10.7. The second-order valence-corrected chi connectivity index (χ2v) is 9.77. The Morgan fingerprint density at radius 1 is 1.06 bits per heavy atom. The summed E-state index contributed by atoms with van der Waals surface area (Å²) in [6.07, 6.45) is -1.13. The number of piperazine rings is 1. The van der Waals surface area contributed by atoms with E-state index >= 15 is 0 Å². The van der Waals surface area contributed by atoms with Crippen LogP contribution in [0.25, 0.3) is 0 Å². The van der Waals surface area contributed by atoms with Crippen LogP contribution in [0, 0.1) is 5.82 Å². The van der Waals surface area contributed by atoms with Crippen LogP contribution in [0.4, 0.5) is 4.39 Å². The molecule has 0 aromatic heterocycles. The Hall–Kier alpha value is -3.31. The SMILES string of the molecule is CC(=O)N1CCN(S(=O)(=O)c2cccc(C(=O)OC(C)C(=O)NCc3ccc(F)cc3)c2)CC1. The van der Waals surface area contributed by atoms with Gasteiger partial charge in [0.2, 0.25) is 15.9 Å². The van der Waals surface area contributed by atoms with Gasteiger partial charge >= 0.3 is 5.97 Å². The fourth-order valence-electron chi connectivity index (χ4n) is 3.39. The Morgan fingerprint density at radius 2 is 1.71 bits per heavy atom. The van der Waals surface area contributed by atoms with E-state index in [4.69, 9.17) is 4.74 Å². The smallest absolute Gasteiger partial charge is 0.338 e. The predicted octanol–water partition coefficient (Wildman–Crippen LogP) is 1.54. The van der Waals surface area contributed by atoms with E-state index in [0.29, 0.717) is 18.7 Å². The van der Waals surface area contributed by atoms with Gasteiger partial charge in [-0.3, -0.25) is 9.59 Å². The molecule has 2 aromatic rings. The molecule has 0 spiro atoms. The van der Waals surface area contributed by atoms with E-state index in [9.17, 15) is 27.2 Å². The van der Waals surface area contributed by atoms with Crippen molar-refractivity contribution in [2.24, 2.45) is 0 Å². The summed E-state index contributed by atoms with van der Waals surface area (Å²) in [7, 11) is -3.87. The minimum Gasteiger partial charge on any atom is -0.449 e. The van der Waals surface area contributed by atoms with Gasteiger partial charge in [0.25, 0.3) is 5.91 Å². The molecule has 1 saturated heterocycles. The van der Waals surface area contributed by atoms with Crippen molar-refractivity contribution in [3.8, 4) is 0 Å². The first kappa shape index (κ1) is 25.3. The lowest BCUT2D eigenvalue weighted by molar-refractivity contribution is -0.130. The van der Waals surface area contributed by atoms with Crippen molar-refractivity contribution in [1.29, 1.82) is 0 Å². The molecular formula is C23H26FN3O6S. The molecule has 3 rings (SSSR count). The molecule has 1 N–H and O–H groups in total. The molecule has 1 aliphatic rings. The number of hydrogen-bond donors (Lipinski definition) is 1. The van der Waals surface area contributed by atoms with E-state index in [1.54, 1.807) is 4.90 Å². The van der Waals surface area contributed by atoms with E-state index in [0.717, 1.165) is 0 Å². The number of hydrogen-bond acceptors (Lipinski definition) is 6. The number of amides is 2. The molecule has 1 heterocycles. The van der Waals surface area contributed by atoms with Crippen molar-refractivity contribution in [1.82, 2.24) is 14.5 Å². The van der Waals surface area contributed by atoms with Gasteiger partial charge in [-0.25, -0.2) is 17.6 Å². The summed E-state index contributed by atoms with van der Waals surface area (Å²) in [4.78, 5) is 37.8. The minimum atomic E-state index is -3.87. The lowest BCUT2D eigenvalue weighted by Crippen LogP contribution is -2.49. The lowest BCUT2D eigenvalue weighted by atomic mass is 10.2. The van der Waals surface area contributed by atoms with Crippen molar-refractivity contribution in [3.63, 3.8) is 0 Å². The number of sulfonamides is 1. The third-order valence-electron chi connectivity index (χ3n) is 5.42. The number of carbonyl (C=O) groups excluding carboxylic acids is 3. The first-order valence-corrected chi connectivity index (χ1v) is 12.1. The normalized spacial score (nSPS) is 15.4. The molecule has 9 nitrogen and oxygen atoms in total. The van der Waals surface area contributed by atoms with Gasteiger partial charge in [0, 0.05) is 39.6 Å². The third kappa shape index (κ3) is 6.17. The summed E-state index contributed by atoms with van der Waals surface area (Å²) >= 11 is 0. The topological polar surface area (TPSA) is 113 Å². The maximum absolute atomic E-state index is 13.0. The Balaban J connectivity index is 1.60. The van der Waals surface area contributed by atoms with Crippen LogP contribution < -0.4 is 5.32 Å². The zero-order valence-electron chi connectivity index (χ0n) is 18.9. The fourth-order valence-corrected chi connectivity index (χ4v) is 4.86. The second-order valence-electron chi connectivity index (χ2n) is 7.83. The summed E-state index contributed by atoms with van der Waals surface area (Å²) in [5.74, 6) is -1.90. The van der Waals surface area contributed by atoms with Crippen LogP contribution >= 0.6 is 0 Å². The van der Waals surface area contributed by atoms with Crippen molar-refractivity contribution in [3.05, 3.63) is 65.5 Å². The molecule has 0 radical (unpaired) electrons. The van der Waals surface area contributed by atoms with E-state index in [2.05, 4.69) is 5.32 Å². The first-order valence-electron chi connectivity index (χ1n) is 10.7. The van der Waals surface area contributed by atoms with Crippen LogP contribution in [0.1, 0.15) is 29.8 Å². The first-order chi connectivity index (χ1) is 16.1. The van der Waals surface area contributed by atoms with Gasteiger partial charge in [-0.1, -0.05) is 18.2 Å². The van der Waals surface area contributed by atoms with Gasteiger partial charge in [-0.05, 0) is 42.8 Å². The van der Waals surface area contributed by atoms with Gasteiger partial charge < -0.3 is 15.0 Å². The summed E-state index contributed by atoms with van der Waals surface area (Å²) in [6, 6.07) is 11.0. The highest BCUT2D eigenvalue weighted by molar-refractivity contribution is 7.89. The van der Waals surface area contributed by atoms with E-state index in [1.165, 1.54) is 66.7 Å². The van der Waals surface area contributed by atoms with Crippen LogP contribution in [0.2, 0.25) is 0 Å². The molecule has 11 heteroatoms. The number of benzene rings is 2. The van der Waals surface area contributed by atoms with Gasteiger partial charge in [-0.15, -0.1) is 0 Å². The van der Waals surface area contributed by atoms with Crippen molar-refractivity contribution >= 4 is 27.8 Å². The van der Waals surface area contributed by atoms with Gasteiger partial charge in [-0.2, -0.15) is 4.31 Å². The highest BCUT2D eigenvalue weighted by atomic mass is 32.2.